The molecule has 30 heavy (non-hydrogen) atoms. The summed E-state index contributed by atoms with van der Waals surface area (Å²) >= 11 is 3.47. The number of carbonyl (C=O) groups excluding carboxylic acids is 1. The number of halogens is 1. The summed E-state index contributed by atoms with van der Waals surface area (Å²) in [4.78, 5) is 30.2. The lowest BCUT2D eigenvalue weighted by Gasteiger charge is -2.28. The second kappa shape index (κ2) is 7.96. The quantitative estimate of drug-likeness (QED) is 0.399. The van der Waals surface area contributed by atoms with Gasteiger partial charge < -0.3 is 19.5 Å². The van der Waals surface area contributed by atoms with E-state index >= 15 is 0 Å². The van der Waals surface area contributed by atoms with Crippen molar-refractivity contribution in [1.29, 1.82) is 0 Å². The van der Waals surface area contributed by atoms with Gasteiger partial charge in [-0.1, -0.05) is 0 Å². The Bertz CT molecular complexity index is 1080. The fraction of sp³-hybridized carbons (Fsp3) is 0.429. The predicted molar refractivity (Wildman–Crippen MR) is 117 cm³/mol. The lowest BCUT2D eigenvalue weighted by atomic mass is 10.3. The second-order valence-corrected chi connectivity index (χ2v) is 8.70. The molecule has 9 heteroatoms. The Hall–Kier alpha value is -2.52. The number of aliphatic hydroxyl groups is 1. The maximum atomic E-state index is 12.2. The molecule has 0 radical (unpaired) electrons. The zero-order chi connectivity index (χ0) is 20.7. The van der Waals surface area contributed by atoms with Gasteiger partial charge in [0, 0.05) is 36.1 Å². The minimum absolute atomic E-state index is 0.162. The van der Waals surface area contributed by atoms with E-state index in [1.54, 1.807) is 12.4 Å². The first kappa shape index (κ1) is 19.4. The molecule has 1 saturated carbocycles. The number of nitrogens with zero attached hydrogens (tertiary/aromatic N) is 6. The standard InChI is InChI=1S/C21H23BrN6O2/c22-14-9-16-21(24-10-14)26(7-1-2-8-29)19(25-16)12-27-18-11-23-6-5-17(18)28(15-3-4-15)20(27)13-30/h5-6,9-11,13,15,20,29H,1-4,7-8,12H2. The van der Waals surface area contributed by atoms with E-state index in [0.29, 0.717) is 19.1 Å². The number of rotatable bonds is 8. The van der Waals surface area contributed by atoms with Crippen molar-refractivity contribution in [2.24, 2.45) is 0 Å². The first-order chi connectivity index (χ1) is 14.7. The number of aliphatic hydroxyl groups excluding tert-OH is 1. The Kier molecular flexibility index (Phi) is 5.16. The fourth-order valence-electron chi connectivity index (χ4n) is 4.26. The molecule has 1 aliphatic carbocycles. The highest BCUT2D eigenvalue weighted by atomic mass is 79.9. The molecule has 3 aromatic rings. The van der Waals surface area contributed by atoms with Crippen LogP contribution in [0.4, 0.5) is 11.4 Å². The summed E-state index contributed by atoms with van der Waals surface area (Å²) in [5.74, 6) is 0.854. The maximum Gasteiger partial charge on any atom is 0.163 e. The van der Waals surface area contributed by atoms with E-state index in [9.17, 15) is 9.90 Å². The summed E-state index contributed by atoms with van der Waals surface area (Å²) in [6.45, 7) is 1.36. The molecule has 0 saturated heterocycles. The third-order valence-electron chi connectivity index (χ3n) is 5.76. The molecule has 0 bridgehead atoms. The molecule has 0 aromatic carbocycles. The van der Waals surface area contributed by atoms with Gasteiger partial charge in [0.05, 0.1) is 24.1 Å². The van der Waals surface area contributed by atoms with E-state index in [1.165, 1.54) is 0 Å². The van der Waals surface area contributed by atoms with Crippen LogP contribution in [0.25, 0.3) is 11.2 Å². The third-order valence-corrected chi connectivity index (χ3v) is 6.20. The molecule has 1 aliphatic heterocycles. The van der Waals surface area contributed by atoms with E-state index in [-0.39, 0.29) is 12.8 Å². The minimum atomic E-state index is -0.359. The van der Waals surface area contributed by atoms with Gasteiger partial charge in [0.15, 0.2) is 18.1 Å². The predicted octanol–water partition coefficient (Wildman–Crippen LogP) is 2.88. The largest absolute Gasteiger partial charge is 0.396 e. The summed E-state index contributed by atoms with van der Waals surface area (Å²) < 4.78 is 2.98. The molecule has 1 fully saturated rings. The van der Waals surface area contributed by atoms with Crippen LogP contribution in [0.2, 0.25) is 0 Å². The Labute approximate surface area is 182 Å². The van der Waals surface area contributed by atoms with Crippen LogP contribution in [-0.2, 0) is 17.9 Å². The van der Waals surface area contributed by atoms with Crippen LogP contribution in [0.5, 0.6) is 0 Å². The number of unbranched alkanes of at least 4 members (excludes halogenated alkanes) is 1. The van der Waals surface area contributed by atoms with Gasteiger partial charge in [-0.2, -0.15) is 0 Å². The number of aldehydes is 1. The van der Waals surface area contributed by atoms with Crippen molar-refractivity contribution < 1.29 is 9.90 Å². The van der Waals surface area contributed by atoms with Gasteiger partial charge in [-0.25, -0.2) is 9.97 Å². The van der Waals surface area contributed by atoms with Gasteiger partial charge in [-0.15, -0.1) is 0 Å². The number of fused-ring (bicyclic) bond motifs is 2. The average Bonchev–Trinajstić information content (AvgIpc) is 3.47. The van der Waals surface area contributed by atoms with Gasteiger partial charge in [0.25, 0.3) is 0 Å². The number of anilines is 2. The highest BCUT2D eigenvalue weighted by molar-refractivity contribution is 9.10. The Morgan fingerprint density at radius 3 is 2.87 bits per heavy atom. The van der Waals surface area contributed by atoms with Crippen molar-refractivity contribution in [1.82, 2.24) is 19.5 Å². The number of hydrogen-bond donors (Lipinski definition) is 1. The zero-order valence-electron chi connectivity index (χ0n) is 16.5. The van der Waals surface area contributed by atoms with Gasteiger partial charge in [-0.05, 0) is 53.7 Å². The summed E-state index contributed by atoms with van der Waals surface area (Å²) in [6, 6.07) is 4.36. The molecule has 3 aromatic heterocycles. The van der Waals surface area contributed by atoms with Gasteiger partial charge >= 0.3 is 0 Å². The number of aryl methyl sites for hydroxylation is 1. The van der Waals surface area contributed by atoms with Crippen molar-refractivity contribution >= 4 is 44.8 Å². The molecule has 5 rings (SSSR count). The first-order valence-electron chi connectivity index (χ1n) is 10.3. The highest BCUT2D eigenvalue weighted by Crippen LogP contribution is 2.45. The number of hydrogen-bond acceptors (Lipinski definition) is 7. The van der Waals surface area contributed by atoms with E-state index in [0.717, 1.165) is 64.8 Å². The Morgan fingerprint density at radius 1 is 1.23 bits per heavy atom. The molecular formula is C21H23BrN6O2. The van der Waals surface area contributed by atoms with E-state index in [1.807, 2.05) is 18.3 Å². The lowest BCUT2D eigenvalue weighted by molar-refractivity contribution is -0.108. The maximum absolute atomic E-state index is 12.2. The lowest BCUT2D eigenvalue weighted by Crippen LogP contribution is -2.45. The van der Waals surface area contributed by atoms with Crippen LogP contribution in [0.3, 0.4) is 0 Å². The van der Waals surface area contributed by atoms with Crippen molar-refractivity contribution in [2.45, 2.75) is 51.0 Å². The number of pyridine rings is 2. The molecule has 1 N–H and O–H groups in total. The van der Waals surface area contributed by atoms with E-state index in [4.69, 9.17) is 4.98 Å². The van der Waals surface area contributed by atoms with Crippen LogP contribution in [0.1, 0.15) is 31.5 Å². The summed E-state index contributed by atoms with van der Waals surface area (Å²) in [5, 5.41) is 9.20. The highest BCUT2D eigenvalue weighted by Gasteiger charge is 2.43. The summed E-state index contributed by atoms with van der Waals surface area (Å²) in [5.41, 5.74) is 3.66. The minimum Gasteiger partial charge on any atom is -0.396 e. The van der Waals surface area contributed by atoms with Crippen LogP contribution in [-0.4, -0.2) is 49.7 Å². The van der Waals surface area contributed by atoms with Crippen LogP contribution < -0.4 is 9.80 Å². The number of aromatic nitrogens is 4. The normalized spacial score (nSPS) is 18.3. The summed E-state index contributed by atoms with van der Waals surface area (Å²) in [6.07, 6.45) is 9.82. The molecule has 1 atom stereocenters. The molecule has 8 nitrogen and oxygen atoms in total. The zero-order valence-corrected chi connectivity index (χ0v) is 18.1. The number of imidazole rings is 1. The SMILES string of the molecule is O=CC1N(Cc2nc3cc(Br)cnc3n2CCCCO)c2cnccc2N1C1CC1. The molecule has 1 unspecified atom stereocenters. The summed E-state index contributed by atoms with van der Waals surface area (Å²) in [7, 11) is 0. The topological polar surface area (TPSA) is 87.4 Å². The Morgan fingerprint density at radius 2 is 2.10 bits per heavy atom. The monoisotopic (exact) mass is 470 g/mol. The van der Waals surface area contributed by atoms with E-state index < -0.39 is 0 Å². The van der Waals surface area contributed by atoms with Crippen molar-refractivity contribution in [3.63, 3.8) is 0 Å². The van der Waals surface area contributed by atoms with Gasteiger partial charge in [-0.3, -0.25) is 9.78 Å². The first-order valence-corrected chi connectivity index (χ1v) is 11.1. The number of carbonyl (C=O) groups is 1. The van der Waals surface area contributed by atoms with E-state index in [2.05, 4.69) is 40.3 Å². The molecule has 2 aliphatic rings. The third kappa shape index (κ3) is 3.35. The smallest absolute Gasteiger partial charge is 0.163 e. The average molecular weight is 471 g/mol. The van der Waals surface area contributed by atoms with Crippen LogP contribution in [0, 0.1) is 0 Å². The van der Waals surface area contributed by atoms with Crippen molar-refractivity contribution in [2.75, 3.05) is 16.4 Å². The van der Waals surface area contributed by atoms with Crippen molar-refractivity contribution in [3.8, 4) is 0 Å². The van der Waals surface area contributed by atoms with Gasteiger partial charge in [0.1, 0.15) is 11.3 Å². The van der Waals surface area contributed by atoms with Crippen LogP contribution in [0.15, 0.2) is 35.2 Å². The molecule has 156 valence electrons. The molecular weight excluding hydrogens is 448 g/mol. The van der Waals surface area contributed by atoms with Gasteiger partial charge in [0.2, 0.25) is 0 Å². The molecule has 0 spiro atoms. The fourth-order valence-corrected chi connectivity index (χ4v) is 4.58. The Balaban J connectivity index is 1.54. The van der Waals surface area contributed by atoms with Crippen molar-refractivity contribution in [3.05, 3.63) is 41.0 Å². The molecule has 4 heterocycles. The molecule has 0 amide bonds. The van der Waals surface area contributed by atoms with Crippen LogP contribution >= 0.6 is 15.9 Å². The second-order valence-electron chi connectivity index (χ2n) is 7.79.